The largest absolute Gasteiger partial charge is 0.416 e. The molecule has 0 amide bonds. The third-order valence-corrected chi connectivity index (χ3v) is 7.19. The maximum absolute atomic E-state index is 13.3. The van der Waals surface area contributed by atoms with Crippen molar-refractivity contribution in [2.75, 3.05) is 13.1 Å². The Balaban J connectivity index is 1.55. The molecule has 3 heterocycles. The molecule has 0 aromatic heterocycles. The zero-order valence-electron chi connectivity index (χ0n) is 18.5. The molecule has 3 aromatic carbocycles. The molecule has 0 aliphatic carbocycles. The van der Waals surface area contributed by atoms with Gasteiger partial charge >= 0.3 is 6.18 Å². The molecule has 6 rings (SSSR count). The highest BCUT2D eigenvalue weighted by Gasteiger charge is 2.52. The summed E-state index contributed by atoms with van der Waals surface area (Å²) in [5.74, 6) is 0.528. The van der Waals surface area contributed by atoms with Crippen molar-refractivity contribution >= 4 is 0 Å². The van der Waals surface area contributed by atoms with E-state index in [1.54, 1.807) is 6.07 Å². The first-order chi connectivity index (χ1) is 16.0. The number of rotatable bonds is 6. The first-order valence-electron chi connectivity index (χ1n) is 11.6. The standard InChI is InChI=1S/C28H28F3NO/c29-28(30,31)25-13-7-8-22(18-25)20-33-27(19-21-14-16-32(27)17-15-21)26(23-9-3-1-4-10-23)24-11-5-2-6-12-24/h1-13,18,21,26H,14-17,19-20H2/t27-/m0/s1. The molecular weight excluding hydrogens is 423 g/mol. The number of piperidine rings is 3. The van der Waals surface area contributed by atoms with Crippen LogP contribution in [0.3, 0.4) is 0 Å². The second-order valence-corrected chi connectivity index (χ2v) is 9.22. The molecular formula is C28H28F3NO. The molecule has 172 valence electrons. The van der Waals surface area contributed by atoms with Crippen molar-refractivity contribution in [3.05, 3.63) is 107 Å². The number of fused-ring (bicyclic) bond motifs is 3. The average molecular weight is 452 g/mol. The van der Waals surface area contributed by atoms with E-state index >= 15 is 0 Å². The summed E-state index contributed by atoms with van der Waals surface area (Å²) in [5.41, 5.74) is 1.65. The summed E-state index contributed by atoms with van der Waals surface area (Å²) in [7, 11) is 0. The molecule has 33 heavy (non-hydrogen) atoms. The van der Waals surface area contributed by atoms with Gasteiger partial charge in [-0.2, -0.15) is 13.2 Å². The Bertz CT molecular complexity index is 1020. The van der Waals surface area contributed by atoms with Gasteiger partial charge in [0.15, 0.2) is 0 Å². The summed E-state index contributed by atoms with van der Waals surface area (Å²) in [4.78, 5) is 2.44. The van der Waals surface area contributed by atoms with Crippen LogP contribution in [-0.4, -0.2) is 23.7 Å². The number of nitrogens with zero attached hydrogens (tertiary/aromatic N) is 1. The predicted molar refractivity (Wildman–Crippen MR) is 123 cm³/mol. The van der Waals surface area contributed by atoms with Crippen LogP contribution in [0, 0.1) is 5.92 Å². The van der Waals surface area contributed by atoms with E-state index in [9.17, 15) is 13.2 Å². The maximum Gasteiger partial charge on any atom is 0.416 e. The van der Waals surface area contributed by atoms with E-state index in [1.807, 2.05) is 36.4 Å². The van der Waals surface area contributed by atoms with Gasteiger partial charge in [0.05, 0.1) is 18.1 Å². The van der Waals surface area contributed by atoms with Gasteiger partial charge in [-0.25, -0.2) is 0 Å². The van der Waals surface area contributed by atoms with Crippen LogP contribution in [0.5, 0.6) is 0 Å². The van der Waals surface area contributed by atoms with Gasteiger partial charge in [-0.15, -0.1) is 0 Å². The van der Waals surface area contributed by atoms with Gasteiger partial charge in [0, 0.05) is 13.1 Å². The molecule has 0 radical (unpaired) electrons. The monoisotopic (exact) mass is 451 g/mol. The third kappa shape index (κ3) is 4.44. The molecule has 2 nitrogen and oxygen atoms in total. The SMILES string of the molecule is FC(F)(F)c1cccc(CO[C@]2(C(c3ccccc3)c3ccccc3)CC3CCN2CC3)c1. The Morgan fingerprint density at radius 3 is 1.97 bits per heavy atom. The van der Waals surface area contributed by atoms with Gasteiger partial charge in [0.25, 0.3) is 0 Å². The summed E-state index contributed by atoms with van der Waals surface area (Å²) in [5, 5.41) is 0. The maximum atomic E-state index is 13.3. The van der Waals surface area contributed by atoms with Crippen LogP contribution in [0.15, 0.2) is 84.9 Å². The highest BCUT2D eigenvalue weighted by molar-refractivity contribution is 5.37. The lowest BCUT2D eigenvalue weighted by atomic mass is 9.71. The zero-order chi connectivity index (χ0) is 22.9. The lowest BCUT2D eigenvalue weighted by Gasteiger charge is -2.57. The van der Waals surface area contributed by atoms with Crippen LogP contribution >= 0.6 is 0 Å². The molecule has 0 unspecified atom stereocenters. The summed E-state index contributed by atoms with van der Waals surface area (Å²) >= 11 is 0. The van der Waals surface area contributed by atoms with Crippen LogP contribution in [0.4, 0.5) is 13.2 Å². The van der Waals surface area contributed by atoms with Crippen molar-refractivity contribution in [3.8, 4) is 0 Å². The zero-order valence-corrected chi connectivity index (χ0v) is 18.5. The predicted octanol–water partition coefficient (Wildman–Crippen LogP) is 6.87. The van der Waals surface area contributed by atoms with Crippen molar-refractivity contribution in [1.82, 2.24) is 4.90 Å². The number of ether oxygens (including phenoxy) is 1. The van der Waals surface area contributed by atoms with Crippen molar-refractivity contribution in [1.29, 1.82) is 0 Å². The molecule has 1 atom stereocenters. The number of halogens is 3. The molecule has 3 saturated heterocycles. The summed E-state index contributed by atoms with van der Waals surface area (Å²) in [6.45, 7) is 2.04. The highest BCUT2D eigenvalue weighted by atomic mass is 19.4. The van der Waals surface area contributed by atoms with Gasteiger partial charge in [-0.3, -0.25) is 4.90 Å². The number of alkyl halides is 3. The molecule has 2 bridgehead atoms. The third-order valence-electron chi connectivity index (χ3n) is 7.19. The van der Waals surface area contributed by atoms with Crippen molar-refractivity contribution in [3.63, 3.8) is 0 Å². The summed E-state index contributed by atoms with van der Waals surface area (Å²) in [6.07, 6.45) is -1.20. The van der Waals surface area contributed by atoms with Crippen molar-refractivity contribution < 1.29 is 17.9 Å². The smallest absolute Gasteiger partial charge is 0.355 e. The van der Waals surface area contributed by atoms with E-state index in [4.69, 9.17) is 4.74 Å². The Hall–Kier alpha value is -2.63. The molecule has 3 aliphatic rings. The minimum absolute atomic E-state index is 0.0335. The van der Waals surface area contributed by atoms with E-state index < -0.39 is 17.5 Å². The Morgan fingerprint density at radius 2 is 1.45 bits per heavy atom. The number of hydrogen-bond acceptors (Lipinski definition) is 2. The minimum atomic E-state index is -4.36. The summed E-state index contributed by atoms with van der Waals surface area (Å²) < 4.78 is 46.6. The van der Waals surface area contributed by atoms with Crippen molar-refractivity contribution in [2.24, 2.45) is 5.92 Å². The molecule has 3 aromatic rings. The molecule has 0 saturated carbocycles. The lowest BCUT2D eigenvalue weighted by Crippen LogP contribution is -2.62. The second-order valence-electron chi connectivity index (χ2n) is 9.22. The molecule has 0 N–H and O–H groups in total. The Kier molecular flexibility index (Phi) is 6.02. The van der Waals surface area contributed by atoms with E-state index in [0.717, 1.165) is 38.4 Å². The normalized spacial score (nSPS) is 24.8. The first-order valence-corrected chi connectivity index (χ1v) is 11.6. The Labute approximate surface area is 193 Å². The quantitative estimate of drug-likeness (QED) is 0.406. The highest BCUT2D eigenvalue weighted by Crippen LogP contribution is 2.50. The first kappa shape index (κ1) is 22.2. The molecule has 0 spiro atoms. The van der Waals surface area contributed by atoms with E-state index in [1.165, 1.54) is 23.3 Å². The van der Waals surface area contributed by atoms with Crippen molar-refractivity contribution in [2.45, 2.75) is 43.7 Å². The van der Waals surface area contributed by atoms with Gasteiger partial charge in [-0.05, 0) is 54.0 Å². The van der Waals surface area contributed by atoms with Crippen LogP contribution < -0.4 is 0 Å². The molecule has 3 aliphatic heterocycles. The minimum Gasteiger partial charge on any atom is -0.355 e. The second kappa shape index (κ2) is 8.96. The van der Waals surface area contributed by atoms with Gasteiger partial charge < -0.3 is 4.74 Å². The number of hydrogen-bond donors (Lipinski definition) is 0. The molecule has 5 heteroatoms. The van der Waals surface area contributed by atoms with Crippen LogP contribution in [0.1, 0.15) is 47.4 Å². The van der Waals surface area contributed by atoms with Gasteiger partial charge in [-0.1, -0.05) is 72.8 Å². The lowest BCUT2D eigenvalue weighted by molar-refractivity contribution is -0.222. The van der Waals surface area contributed by atoms with Crippen LogP contribution in [-0.2, 0) is 17.5 Å². The topological polar surface area (TPSA) is 12.5 Å². The van der Waals surface area contributed by atoms with E-state index in [2.05, 4.69) is 29.2 Å². The van der Waals surface area contributed by atoms with E-state index in [0.29, 0.717) is 11.5 Å². The fraction of sp³-hybridized carbons (Fsp3) is 0.357. The van der Waals surface area contributed by atoms with Gasteiger partial charge in [0.1, 0.15) is 5.72 Å². The average Bonchev–Trinajstić information content (AvgIpc) is 2.85. The Morgan fingerprint density at radius 1 is 0.848 bits per heavy atom. The fourth-order valence-electron chi connectivity index (χ4n) is 5.64. The molecule has 3 fully saturated rings. The summed E-state index contributed by atoms with van der Waals surface area (Å²) in [6, 6.07) is 26.2. The van der Waals surface area contributed by atoms with Crippen LogP contribution in [0.2, 0.25) is 0 Å². The van der Waals surface area contributed by atoms with E-state index in [-0.39, 0.29) is 12.5 Å². The fourth-order valence-corrected chi connectivity index (χ4v) is 5.64. The number of benzene rings is 3. The van der Waals surface area contributed by atoms with Crippen LogP contribution in [0.25, 0.3) is 0 Å². The van der Waals surface area contributed by atoms with Gasteiger partial charge in [0.2, 0.25) is 0 Å².